The van der Waals surface area contributed by atoms with Crippen molar-refractivity contribution >= 4 is 5.82 Å². The molecule has 10 heteroatoms. The van der Waals surface area contributed by atoms with Crippen molar-refractivity contribution in [1.29, 1.82) is 0 Å². The van der Waals surface area contributed by atoms with E-state index in [9.17, 15) is 23.3 Å². The predicted octanol–water partition coefficient (Wildman–Crippen LogP) is 2.13. The Hall–Kier alpha value is -2.39. The molecule has 0 bridgehead atoms. The molecular weight excluding hydrogens is 279 g/mol. The normalized spacial score (nSPS) is 11.8. The van der Waals surface area contributed by atoms with Gasteiger partial charge in [-0.3, -0.25) is 0 Å². The highest BCUT2D eigenvalue weighted by Crippen LogP contribution is 2.28. The van der Waals surface area contributed by atoms with Gasteiger partial charge in [-0.2, -0.15) is 23.0 Å². The number of hydrogen-bond acceptors (Lipinski definition) is 4. The van der Waals surface area contributed by atoms with Crippen molar-refractivity contribution in [3.63, 3.8) is 0 Å². The molecule has 2 aromatic rings. The van der Waals surface area contributed by atoms with E-state index in [0.29, 0.717) is 5.69 Å². The summed E-state index contributed by atoms with van der Waals surface area (Å²) in [4.78, 5) is 9.91. The molecule has 7 nitrogen and oxygen atoms in total. The van der Waals surface area contributed by atoms with E-state index in [2.05, 4.69) is 10.2 Å². The second-order valence-corrected chi connectivity index (χ2v) is 4.21. The van der Waals surface area contributed by atoms with Gasteiger partial charge in [-0.15, -0.1) is 0 Å². The maximum Gasteiger partial charge on any atom is 0.435 e. The molecule has 0 fully saturated rings. The zero-order valence-electron chi connectivity index (χ0n) is 10.5. The predicted molar refractivity (Wildman–Crippen MR) is 61.0 cm³/mol. The van der Waals surface area contributed by atoms with Gasteiger partial charge in [-0.25, -0.2) is 4.68 Å². The molecule has 0 amide bonds. The van der Waals surface area contributed by atoms with Crippen LogP contribution >= 0.6 is 0 Å². The van der Waals surface area contributed by atoms with Crippen molar-refractivity contribution in [3.05, 3.63) is 39.3 Å². The highest BCUT2D eigenvalue weighted by Gasteiger charge is 2.34. The molecule has 0 aromatic carbocycles. The molecule has 0 saturated heterocycles. The number of aromatic nitrogens is 4. The Bertz CT molecular complexity index is 658. The molecule has 0 N–H and O–H groups in total. The third kappa shape index (κ3) is 2.63. The van der Waals surface area contributed by atoms with Crippen molar-refractivity contribution < 1.29 is 18.1 Å². The Labute approximate surface area is 110 Å². The van der Waals surface area contributed by atoms with Gasteiger partial charge in [-0.1, -0.05) is 0 Å². The number of hydrogen-bond donors (Lipinski definition) is 0. The SMILES string of the molecule is Cc1cc([N+](=O)[O-])nn1Cn1nc(C(F)(F)F)cc1C. The number of nitro groups is 1. The number of rotatable bonds is 3. The second kappa shape index (κ2) is 4.62. The van der Waals surface area contributed by atoms with Gasteiger partial charge in [-0.05, 0) is 24.8 Å². The number of alkyl halides is 3. The van der Waals surface area contributed by atoms with Crippen LogP contribution in [0.4, 0.5) is 19.0 Å². The minimum atomic E-state index is -4.53. The number of halogens is 3. The van der Waals surface area contributed by atoms with Crippen molar-refractivity contribution in [2.24, 2.45) is 0 Å². The fourth-order valence-corrected chi connectivity index (χ4v) is 1.64. The molecule has 0 spiro atoms. The van der Waals surface area contributed by atoms with Gasteiger partial charge in [0.25, 0.3) is 0 Å². The summed E-state index contributed by atoms with van der Waals surface area (Å²) in [6.45, 7) is 2.92. The minimum Gasteiger partial charge on any atom is -0.358 e. The maximum atomic E-state index is 12.5. The molecule has 0 saturated carbocycles. The van der Waals surface area contributed by atoms with E-state index in [4.69, 9.17) is 0 Å². The molecule has 20 heavy (non-hydrogen) atoms. The lowest BCUT2D eigenvalue weighted by atomic mass is 10.4. The molecule has 2 rings (SSSR count). The van der Waals surface area contributed by atoms with E-state index in [-0.39, 0.29) is 18.2 Å². The molecule has 0 atom stereocenters. The van der Waals surface area contributed by atoms with E-state index < -0.39 is 16.8 Å². The summed E-state index contributed by atoms with van der Waals surface area (Å²) in [6.07, 6.45) is -4.53. The standard InChI is InChI=1S/C10H10F3N5O2/c1-6-3-8(10(11,12)13)14-16(6)5-17-7(2)4-9(15-17)18(19)20/h3-4H,5H2,1-2H3. The second-order valence-electron chi connectivity index (χ2n) is 4.21. The van der Waals surface area contributed by atoms with Crippen molar-refractivity contribution in [2.45, 2.75) is 26.7 Å². The van der Waals surface area contributed by atoms with Crippen LogP contribution < -0.4 is 0 Å². The molecule has 0 aliphatic rings. The van der Waals surface area contributed by atoms with Crippen molar-refractivity contribution in [1.82, 2.24) is 19.6 Å². The van der Waals surface area contributed by atoms with Crippen LogP contribution in [0.5, 0.6) is 0 Å². The van der Waals surface area contributed by atoms with Crippen LogP contribution in [0.3, 0.4) is 0 Å². The Morgan fingerprint density at radius 2 is 1.75 bits per heavy atom. The largest absolute Gasteiger partial charge is 0.435 e. The van der Waals surface area contributed by atoms with Crippen LogP contribution in [-0.2, 0) is 12.8 Å². The van der Waals surface area contributed by atoms with E-state index >= 15 is 0 Å². The highest BCUT2D eigenvalue weighted by atomic mass is 19.4. The number of nitrogens with zero attached hydrogens (tertiary/aromatic N) is 5. The lowest BCUT2D eigenvalue weighted by Gasteiger charge is -2.03. The van der Waals surface area contributed by atoms with Gasteiger partial charge >= 0.3 is 12.0 Å². The molecule has 0 aliphatic heterocycles. The Balaban J connectivity index is 2.31. The molecule has 0 aliphatic carbocycles. The first-order valence-corrected chi connectivity index (χ1v) is 5.49. The summed E-state index contributed by atoms with van der Waals surface area (Å²) < 4.78 is 39.9. The molecular formula is C10H10F3N5O2. The maximum absolute atomic E-state index is 12.5. The van der Waals surface area contributed by atoms with Gasteiger partial charge in [0, 0.05) is 5.69 Å². The van der Waals surface area contributed by atoms with Gasteiger partial charge in [0.1, 0.15) is 0 Å². The third-order valence-electron chi connectivity index (χ3n) is 2.69. The summed E-state index contributed by atoms with van der Waals surface area (Å²) in [5, 5.41) is 17.7. The van der Waals surface area contributed by atoms with Crippen LogP contribution in [0, 0.1) is 24.0 Å². The van der Waals surface area contributed by atoms with E-state index in [1.165, 1.54) is 17.7 Å². The van der Waals surface area contributed by atoms with Crippen LogP contribution in [0.2, 0.25) is 0 Å². The van der Waals surface area contributed by atoms with E-state index in [0.717, 1.165) is 10.7 Å². The molecule has 2 heterocycles. The van der Waals surface area contributed by atoms with Crippen LogP contribution in [0.1, 0.15) is 17.1 Å². The van der Waals surface area contributed by atoms with Crippen molar-refractivity contribution in [2.75, 3.05) is 0 Å². The lowest BCUT2D eigenvalue weighted by Crippen LogP contribution is -2.15. The topological polar surface area (TPSA) is 78.8 Å². The summed E-state index contributed by atoms with van der Waals surface area (Å²) >= 11 is 0. The van der Waals surface area contributed by atoms with Crippen LogP contribution in [0.25, 0.3) is 0 Å². The zero-order valence-corrected chi connectivity index (χ0v) is 10.5. The van der Waals surface area contributed by atoms with Gasteiger partial charge in [0.15, 0.2) is 12.4 Å². The molecule has 0 unspecified atom stereocenters. The first-order valence-electron chi connectivity index (χ1n) is 5.49. The summed E-state index contributed by atoms with van der Waals surface area (Å²) in [7, 11) is 0. The van der Waals surface area contributed by atoms with Crippen LogP contribution in [0.15, 0.2) is 12.1 Å². The lowest BCUT2D eigenvalue weighted by molar-refractivity contribution is -0.389. The summed E-state index contributed by atoms with van der Waals surface area (Å²) in [5.41, 5.74) is -0.260. The zero-order chi connectivity index (χ0) is 15.1. The fourth-order valence-electron chi connectivity index (χ4n) is 1.64. The Kier molecular flexibility index (Phi) is 3.24. The van der Waals surface area contributed by atoms with E-state index in [1.54, 1.807) is 6.92 Å². The quantitative estimate of drug-likeness (QED) is 0.640. The first kappa shape index (κ1) is 14.0. The smallest absolute Gasteiger partial charge is 0.358 e. The summed E-state index contributed by atoms with van der Waals surface area (Å²) in [6, 6.07) is 2.15. The van der Waals surface area contributed by atoms with Crippen molar-refractivity contribution in [3.8, 4) is 0 Å². The Morgan fingerprint density at radius 3 is 2.20 bits per heavy atom. The highest BCUT2D eigenvalue weighted by molar-refractivity contribution is 5.21. The molecule has 108 valence electrons. The monoisotopic (exact) mass is 289 g/mol. The first-order chi connectivity index (χ1) is 9.18. The van der Waals surface area contributed by atoms with Gasteiger partial charge < -0.3 is 10.1 Å². The average molecular weight is 289 g/mol. The van der Waals surface area contributed by atoms with Crippen LogP contribution in [-0.4, -0.2) is 24.5 Å². The fraction of sp³-hybridized carbons (Fsp3) is 0.400. The molecule has 2 aromatic heterocycles. The summed E-state index contributed by atoms with van der Waals surface area (Å²) in [5.74, 6) is -0.358. The average Bonchev–Trinajstić information content (AvgIpc) is 2.84. The number of aryl methyl sites for hydroxylation is 2. The molecule has 0 radical (unpaired) electrons. The van der Waals surface area contributed by atoms with Gasteiger partial charge in [0.2, 0.25) is 0 Å². The van der Waals surface area contributed by atoms with Gasteiger partial charge in [0.05, 0.1) is 16.9 Å². The Morgan fingerprint density at radius 1 is 1.20 bits per heavy atom. The third-order valence-corrected chi connectivity index (χ3v) is 2.69. The minimum absolute atomic E-state index is 0.123. The van der Waals surface area contributed by atoms with E-state index in [1.807, 2.05) is 0 Å².